The van der Waals surface area contributed by atoms with Crippen molar-refractivity contribution in [3.8, 4) is 11.5 Å². The van der Waals surface area contributed by atoms with E-state index in [9.17, 15) is 0 Å². The summed E-state index contributed by atoms with van der Waals surface area (Å²) in [5, 5.41) is 6.95. The van der Waals surface area contributed by atoms with E-state index in [1.165, 1.54) is 16.9 Å². The summed E-state index contributed by atoms with van der Waals surface area (Å²) in [4.78, 5) is 4.30. The van der Waals surface area contributed by atoms with Crippen LogP contribution in [0.3, 0.4) is 0 Å². The Hall–Kier alpha value is -2.86. The number of hydrazone groups is 1. The third-order valence-corrected chi connectivity index (χ3v) is 4.54. The number of ether oxygens (including phenoxy) is 2. The molecule has 0 spiro atoms. The summed E-state index contributed by atoms with van der Waals surface area (Å²) in [6.07, 6.45) is 2.58. The number of anilines is 1. The highest BCUT2D eigenvalue weighted by atomic mass is 32.1. The fourth-order valence-electron chi connectivity index (χ4n) is 2.37. The van der Waals surface area contributed by atoms with E-state index in [4.69, 9.17) is 9.47 Å². The van der Waals surface area contributed by atoms with Gasteiger partial charge in [0, 0.05) is 11.8 Å². The van der Waals surface area contributed by atoms with Gasteiger partial charge in [-0.3, -0.25) is 5.43 Å². The molecule has 1 aromatic heterocycles. The predicted molar refractivity (Wildman–Crippen MR) is 107 cm³/mol. The third-order valence-electron chi connectivity index (χ3n) is 3.67. The molecule has 134 valence electrons. The Bertz CT molecular complexity index is 863. The predicted octanol–water partition coefficient (Wildman–Crippen LogP) is 4.53. The Balaban J connectivity index is 1.58. The molecule has 0 aliphatic carbocycles. The highest BCUT2D eigenvalue weighted by molar-refractivity contribution is 7.13. The minimum atomic E-state index is 0.596. The van der Waals surface area contributed by atoms with E-state index in [2.05, 4.69) is 27.6 Å². The van der Waals surface area contributed by atoms with Crippen molar-refractivity contribution in [3.05, 3.63) is 70.7 Å². The largest absolute Gasteiger partial charge is 0.493 e. The number of methoxy groups -OCH3 is 1. The number of aromatic nitrogens is 1. The van der Waals surface area contributed by atoms with E-state index in [-0.39, 0.29) is 0 Å². The quantitative estimate of drug-likeness (QED) is 0.469. The van der Waals surface area contributed by atoms with Crippen LogP contribution in [0.4, 0.5) is 5.13 Å². The molecule has 0 aliphatic rings. The smallest absolute Gasteiger partial charge is 0.203 e. The maximum atomic E-state index is 5.87. The first-order chi connectivity index (χ1) is 12.7. The van der Waals surface area contributed by atoms with Crippen LogP contribution in [0, 0.1) is 6.92 Å². The van der Waals surface area contributed by atoms with Crippen molar-refractivity contribution < 1.29 is 9.47 Å². The van der Waals surface area contributed by atoms with Crippen LogP contribution in [0.2, 0.25) is 0 Å². The van der Waals surface area contributed by atoms with Crippen molar-refractivity contribution in [2.24, 2.45) is 5.10 Å². The zero-order valence-corrected chi connectivity index (χ0v) is 15.6. The lowest BCUT2D eigenvalue weighted by Gasteiger charge is -2.11. The van der Waals surface area contributed by atoms with Gasteiger partial charge in [-0.15, -0.1) is 11.3 Å². The van der Waals surface area contributed by atoms with E-state index in [1.54, 1.807) is 13.3 Å². The van der Waals surface area contributed by atoms with Gasteiger partial charge in [-0.1, -0.05) is 30.3 Å². The van der Waals surface area contributed by atoms with Crippen LogP contribution in [0.25, 0.3) is 0 Å². The molecule has 5 nitrogen and oxygen atoms in total. The van der Waals surface area contributed by atoms with Crippen LogP contribution in [0.15, 0.2) is 59.0 Å². The fraction of sp³-hybridized carbons (Fsp3) is 0.200. The number of nitrogens with zero attached hydrogens (tertiary/aromatic N) is 2. The van der Waals surface area contributed by atoms with E-state index < -0.39 is 0 Å². The van der Waals surface area contributed by atoms with Gasteiger partial charge in [0.05, 0.1) is 25.6 Å². The molecule has 0 amide bonds. The Labute approximate surface area is 157 Å². The summed E-state index contributed by atoms with van der Waals surface area (Å²) in [7, 11) is 1.64. The summed E-state index contributed by atoms with van der Waals surface area (Å²) in [6.45, 7) is 2.55. The lowest BCUT2D eigenvalue weighted by molar-refractivity contribution is 0.297. The molecule has 0 radical (unpaired) electrons. The molecule has 6 heteroatoms. The highest BCUT2D eigenvalue weighted by Crippen LogP contribution is 2.27. The second-order valence-electron chi connectivity index (χ2n) is 5.66. The van der Waals surface area contributed by atoms with Crippen LogP contribution >= 0.6 is 11.3 Å². The van der Waals surface area contributed by atoms with Gasteiger partial charge in [-0.2, -0.15) is 5.10 Å². The molecule has 0 aliphatic heterocycles. The summed E-state index contributed by atoms with van der Waals surface area (Å²) in [5.41, 5.74) is 6.07. The molecule has 0 bridgehead atoms. The molecular formula is C20H21N3O2S. The second kappa shape index (κ2) is 9.01. The number of thiazole rings is 1. The zero-order valence-electron chi connectivity index (χ0n) is 14.8. The molecule has 0 unspecified atom stereocenters. The molecule has 3 rings (SSSR count). The van der Waals surface area contributed by atoms with Crippen molar-refractivity contribution in [1.29, 1.82) is 0 Å². The van der Waals surface area contributed by atoms with Crippen LogP contribution in [-0.2, 0) is 6.42 Å². The van der Waals surface area contributed by atoms with Gasteiger partial charge in [-0.05, 0) is 36.2 Å². The minimum absolute atomic E-state index is 0.596. The van der Waals surface area contributed by atoms with E-state index in [1.807, 2.05) is 48.7 Å². The van der Waals surface area contributed by atoms with Crippen LogP contribution < -0.4 is 14.9 Å². The van der Waals surface area contributed by atoms with Gasteiger partial charge in [0.25, 0.3) is 0 Å². The first-order valence-corrected chi connectivity index (χ1v) is 9.18. The first kappa shape index (κ1) is 17.9. The molecule has 0 saturated heterocycles. The number of benzene rings is 2. The minimum Gasteiger partial charge on any atom is -0.493 e. The SMILES string of the molecule is COc1cc(C=NNc2nc(C)cs2)ccc1OCCc1ccccc1. The number of hydrogen-bond acceptors (Lipinski definition) is 6. The normalized spacial score (nSPS) is 10.8. The van der Waals surface area contributed by atoms with Gasteiger partial charge in [0.2, 0.25) is 5.13 Å². The molecule has 26 heavy (non-hydrogen) atoms. The molecule has 1 N–H and O–H groups in total. The summed E-state index contributed by atoms with van der Waals surface area (Å²) >= 11 is 1.52. The Morgan fingerprint density at radius 1 is 1.15 bits per heavy atom. The van der Waals surface area contributed by atoms with E-state index in [0.717, 1.165) is 28.6 Å². The average Bonchev–Trinajstić information content (AvgIpc) is 3.08. The van der Waals surface area contributed by atoms with Crippen molar-refractivity contribution in [3.63, 3.8) is 0 Å². The van der Waals surface area contributed by atoms with Crippen LogP contribution in [-0.4, -0.2) is 24.9 Å². The van der Waals surface area contributed by atoms with Crippen molar-refractivity contribution in [1.82, 2.24) is 4.98 Å². The fourth-order valence-corrected chi connectivity index (χ4v) is 3.01. The van der Waals surface area contributed by atoms with Crippen molar-refractivity contribution >= 4 is 22.7 Å². The Morgan fingerprint density at radius 3 is 2.73 bits per heavy atom. The number of rotatable bonds is 8. The van der Waals surface area contributed by atoms with Crippen LogP contribution in [0.5, 0.6) is 11.5 Å². The zero-order chi connectivity index (χ0) is 18.2. The molecule has 3 aromatic rings. The average molecular weight is 367 g/mol. The molecule has 2 aromatic carbocycles. The Kier molecular flexibility index (Phi) is 6.22. The van der Waals surface area contributed by atoms with Crippen molar-refractivity contribution in [2.45, 2.75) is 13.3 Å². The van der Waals surface area contributed by atoms with Gasteiger partial charge >= 0.3 is 0 Å². The van der Waals surface area contributed by atoms with Gasteiger partial charge in [0.15, 0.2) is 11.5 Å². The molecule has 0 fully saturated rings. The van der Waals surface area contributed by atoms with Gasteiger partial charge in [0.1, 0.15) is 0 Å². The summed E-state index contributed by atoms with van der Waals surface area (Å²) in [6, 6.07) is 16.0. The lowest BCUT2D eigenvalue weighted by atomic mass is 10.2. The van der Waals surface area contributed by atoms with Gasteiger partial charge < -0.3 is 9.47 Å². The molecule has 0 atom stereocenters. The molecule has 0 saturated carbocycles. The number of nitrogens with one attached hydrogen (secondary N) is 1. The highest BCUT2D eigenvalue weighted by Gasteiger charge is 2.05. The number of aryl methyl sites for hydroxylation is 1. The first-order valence-electron chi connectivity index (χ1n) is 8.30. The topological polar surface area (TPSA) is 55.7 Å². The monoisotopic (exact) mass is 367 g/mol. The summed E-state index contributed by atoms with van der Waals surface area (Å²) < 4.78 is 11.3. The maximum absolute atomic E-state index is 5.87. The maximum Gasteiger partial charge on any atom is 0.203 e. The summed E-state index contributed by atoms with van der Waals surface area (Å²) in [5.74, 6) is 1.41. The lowest BCUT2D eigenvalue weighted by Crippen LogP contribution is -2.03. The van der Waals surface area contributed by atoms with E-state index >= 15 is 0 Å². The number of hydrogen-bond donors (Lipinski definition) is 1. The van der Waals surface area contributed by atoms with Crippen LogP contribution in [0.1, 0.15) is 16.8 Å². The standard InChI is InChI=1S/C20H21N3O2S/c1-15-14-26-20(22-15)23-21-13-17-8-9-18(19(12-17)24-2)25-11-10-16-6-4-3-5-7-16/h3-9,12-14H,10-11H2,1-2H3,(H,22,23). The van der Waals surface area contributed by atoms with Crippen molar-refractivity contribution in [2.75, 3.05) is 19.1 Å². The van der Waals surface area contributed by atoms with Gasteiger partial charge in [-0.25, -0.2) is 4.98 Å². The second-order valence-corrected chi connectivity index (χ2v) is 6.52. The molecule has 1 heterocycles. The van der Waals surface area contributed by atoms with E-state index in [0.29, 0.717) is 12.4 Å². The third kappa shape index (κ3) is 5.07. The molecular weight excluding hydrogens is 346 g/mol. The Morgan fingerprint density at radius 2 is 2.00 bits per heavy atom.